The molecule has 0 radical (unpaired) electrons. The number of carbonyl (C=O) groups excluding carboxylic acids is 1. The molecule has 0 bridgehead atoms. The number of piperidine rings is 1. The molecule has 28 heavy (non-hydrogen) atoms. The predicted octanol–water partition coefficient (Wildman–Crippen LogP) is 1.03. The number of ether oxygens (including phenoxy) is 1. The van der Waals surface area contributed by atoms with Gasteiger partial charge in [-0.25, -0.2) is 4.98 Å². The van der Waals surface area contributed by atoms with Gasteiger partial charge < -0.3 is 26.0 Å². The number of hydrogen-bond acceptors (Lipinski definition) is 6. The Bertz CT molecular complexity index is 656. The molecule has 1 aromatic rings. The van der Waals surface area contributed by atoms with Gasteiger partial charge in [-0.1, -0.05) is 12.5 Å². The first-order valence-corrected chi connectivity index (χ1v) is 10.7. The molecule has 7 nitrogen and oxygen atoms in total. The van der Waals surface area contributed by atoms with Crippen LogP contribution in [0.15, 0.2) is 18.3 Å². The van der Waals surface area contributed by atoms with E-state index in [4.69, 9.17) is 10.5 Å². The second-order valence-electron chi connectivity index (χ2n) is 8.37. The summed E-state index contributed by atoms with van der Waals surface area (Å²) >= 11 is 0. The van der Waals surface area contributed by atoms with Crippen LogP contribution in [0, 0.1) is 11.8 Å². The minimum absolute atomic E-state index is 0.00555. The second kappa shape index (κ2) is 9.20. The van der Waals surface area contributed by atoms with E-state index in [1.54, 1.807) is 0 Å². The highest BCUT2D eigenvalue weighted by molar-refractivity contribution is 5.77. The highest BCUT2D eigenvalue weighted by atomic mass is 16.5. The summed E-state index contributed by atoms with van der Waals surface area (Å²) in [5.74, 6) is 1.51. The number of amides is 1. The Morgan fingerprint density at radius 3 is 2.93 bits per heavy atom. The van der Waals surface area contributed by atoms with Crippen LogP contribution in [-0.4, -0.2) is 55.8 Å². The summed E-state index contributed by atoms with van der Waals surface area (Å²) in [6, 6.07) is 5.17. The number of aromatic nitrogens is 1. The van der Waals surface area contributed by atoms with E-state index in [0.717, 1.165) is 58.1 Å². The fraction of sp³-hybridized carbons (Fsp3) is 0.714. The van der Waals surface area contributed by atoms with Crippen LogP contribution in [0.3, 0.4) is 0 Å². The van der Waals surface area contributed by atoms with Crippen LogP contribution in [0.25, 0.3) is 0 Å². The molecule has 1 saturated carbocycles. The van der Waals surface area contributed by atoms with Gasteiger partial charge in [0.25, 0.3) is 0 Å². The number of rotatable bonds is 6. The molecule has 1 aliphatic carbocycles. The van der Waals surface area contributed by atoms with Crippen molar-refractivity contribution in [2.75, 3.05) is 37.7 Å². The van der Waals surface area contributed by atoms with Crippen molar-refractivity contribution < 1.29 is 9.53 Å². The molecule has 154 valence electrons. The van der Waals surface area contributed by atoms with Crippen molar-refractivity contribution in [1.29, 1.82) is 0 Å². The molecule has 3 atom stereocenters. The maximum absolute atomic E-state index is 11.4. The number of anilines is 1. The van der Waals surface area contributed by atoms with Gasteiger partial charge in [-0.2, -0.15) is 0 Å². The van der Waals surface area contributed by atoms with Crippen molar-refractivity contribution in [2.24, 2.45) is 17.6 Å². The molecular weight excluding hydrogens is 354 g/mol. The Hall–Kier alpha value is -1.70. The molecule has 0 aromatic carbocycles. The molecule has 2 aliphatic heterocycles. The van der Waals surface area contributed by atoms with E-state index >= 15 is 0 Å². The monoisotopic (exact) mass is 387 g/mol. The zero-order valence-corrected chi connectivity index (χ0v) is 16.6. The standard InChI is InChI=1S/C21H33N5O2/c22-20(27)15-6-10-26(11-7-15)21-16(3-2-8-24-21)13-25-18-5-1-4-17(18)19-14-28-12-9-23-19/h2-3,8,15,17-19,23,25H,1,4-7,9-14H2,(H2,22,27). The number of nitrogens with two attached hydrogens (primary N) is 1. The van der Waals surface area contributed by atoms with Crippen molar-refractivity contribution >= 4 is 11.7 Å². The van der Waals surface area contributed by atoms with Crippen LogP contribution in [0.5, 0.6) is 0 Å². The Balaban J connectivity index is 1.37. The third-order valence-corrected chi connectivity index (χ3v) is 6.66. The molecule has 7 heteroatoms. The normalized spacial score (nSPS) is 29.1. The van der Waals surface area contributed by atoms with Crippen molar-refractivity contribution in [3.8, 4) is 0 Å². The van der Waals surface area contributed by atoms with Crippen LogP contribution in [0.1, 0.15) is 37.7 Å². The van der Waals surface area contributed by atoms with E-state index in [9.17, 15) is 4.79 Å². The number of nitrogens with one attached hydrogen (secondary N) is 2. The lowest BCUT2D eigenvalue weighted by Crippen LogP contribution is -2.50. The SMILES string of the molecule is NC(=O)C1CCN(c2ncccc2CNC2CCCC2C2COCCN2)CC1. The number of morpholine rings is 1. The number of pyridine rings is 1. The van der Waals surface area contributed by atoms with Crippen LogP contribution in [-0.2, 0) is 16.1 Å². The van der Waals surface area contributed by atoms with E-state index in [2.05, 4.69) is 26.6 Å². The zero-order chi connectivity index (χ0) is 19.3. The molecule has 2 saturated heterocycles. The Morgan fingerprint density at radius 1 is 1.32 bits per heavy atom. The highest BCUT2D eigenvalue weighted by Crippen LogP contribution is 2.30. The van der Waals surface area contributed by atoms with Gasteiger partial charge in [-0.3, -0.25) is 4.79 Å². The van der Waals surface area contributed by atoms with Gasteiger partial charge in [0, 0.05) is 55.9 Å². The van der Waals surface area contributed by atoms with Crippen LogP contribution < -0.4 is 21.3 Å². The minimum Gasteiger partial charge on any atom is -0.379 e. The van der Waals surface area contributed by atoms with Crippen LogP contribution in [0.2, 0.25) is 0 Å². The van der Waals surface area contributed by atoms with Crippen molar-refractivity contribution in [3.63, 3.8) is 0 Å². The van der Waals surface area contributed by atoms with Gasteiger partial charge in [0.1, 0.15) is 5.82 Å². The fourth-order valence-corrected chi connectivity index (χ4v) is 5.05. The molecule has 4 rings (SSSR count). The first-order chi connectivity index (χ1) is 13.7. The summed E-state index contributed by atoms with van der Waals surface area (Å²) in [6.07, 6.45) is 7.26. The number of nitrogens with zero attached hydrogens (tertiary/aromatic N) is 2. The zero-order valence-electron chi connectivity index (χ0n) is 16.6. The van der Waals surface area contributed by atoms with Crippen molar-refractivity contribution in [3.05, 3.63) is 23.9 Å². The summed E-state index contributed by atoms with van der Waals surface area (Å²) < 4.78 is 5.69. The molecule has 0 spiro atoms. The third kappa shape index (κ3) is 4.47. The van der Waals surface area contributed by atoms with Crippen LogP contribution in [0.4, 0.5) is 5.82 Å². The Kier molecular flexibility index (Phi) is 6.44. The lowest BCUT2D eigenvalue weighted by atomic mass is 9.93. The molecule has 4 N–H and O–H groups in total. The van der Waals surface area contributed by atoms with E-state index < -0.39 is 0 Å². The summed E-state index contributed by atoms with van der Waals surface area (Å²) in [7, 11) is 0. The lowest BCUT2D eigenvalue weighted by Gasteiger charge is -2.34. The number of hydrogen-bond donors (Lipinski definition) is 3. The number of carbonyl (C=O) groups is 1. The van der Waals surface area contributed by atoms with E-state index in [1.807, 2.05) is 12.3 Å². The van der Waals surface area contributed by atoms with Crippen molar-refractivity contribution in [1.82, 2.24) is 15.6 Å². The van der Waals surface area contributed by atoms with Gasteiger partial charge in [-0.15, -0.1) is 0 Å². The summed E-state index contributed by atoms with van der Waals surface area (Å²) in [5, 5.41) is 7.46. The Morgan fingerprint density at radius 2 is 2.18 bits per heavy atom. The molecule has 3 heterocycles. The molecule has 1 aromatic heterocycles. The topological polar surface area (TPSA) is 92.5 Å². The highest BCUT2D eigenvalue weighted by Gasteiger charge is 2.34. The average molecular weight is 388 g/mol. The average Bonchev–Trinajstić information content (AvgIpc) is 3.22. The first-order valence-electron chi connectivity index (χ1n) is 10.7. The van der Waals surface area contributed by atoms with Gasteiger partial charge in [0.2, 0.25) is 5.91 Å². The Labute approximate surface area is 167 Å². The van der Waals surface area contributed by atoms with Crippen LogP contribution >= 0.6 is 0 Å². The van der Waals surface area contributed by atoms with E-state index in [0.29, 0.717) is 18.0 Å². The van der Waals surface area contributed by atoms with Gasteiger partial charge >= 0.3 is 0 Å². The largest absolute Gasteiger partial charge is 0.379 e. The third-order valence-electron chi connectivity index (χ3n) is 6.66. The predicted molar refractivity (Wildman–Crippen MR) is 109 cm³/mol. The summed E-state index contributed by atoms with van der Waals surface area (Å²) in [4.78, 5) is 18.4. The molecule has 3 fully saturated rings. The van der Waals surface area contributed by atoms with Crippen molar-refractivity contribution in [2.45, 2.75) is 50.7 Å². The maximum Gasteiger partial charge on any atom is 0.220 e. The second-order valence-corrected chi connectivity index (χ2v) is 8.37. The van der Waals surface area contributed by atoms with Gasteiger partial charge in [-0.05, 0) is 37.7 Å². The van der Waals surface area contributed by atoms with Gasteiger partial charge in [0.15, 0.2) is 0 Å². The number of primary amides is 1. The molecular formula is C21H33N5O2. The summed E-state index contributed by atoms with van der Waals surface area (Å²) in [5.41, 5.74) is 6.71. The summed E-state index contributed by atoms with van der Waals surface area (Å²) in [6.45, 7) is 5.12. The smallest absolute Gasteiger partial charge is 0.220 e. The fourth-order valence-electron chi connectivity index (χ4n) is 5.05. The molecule has 3 unspecified atom stereocenters. The first kappa shape index (κ1) is 19.6. The lowest BCUT2D eigenvalue weighted by molar-refractivity contribution is -0.122. The minimum atomic E-state index is -0.171. The quantitative estimate of drug-likeness (QED) is 0.675. The van der Waals surface area contributed by atoms with E-state index in [1.165, 1.54) is 24.8 Å². The maximum atomic E-state index is 11.4. The van der Waals surface area contributed by atoms with Gasteiger partial charge in [0.05, 0.1) is 13.2 Å². The molecule has 3 aliphatic rings. The molecule has 1 amide bonds. The van der Waals surface area contributed by atoms with E-state index in [-0.39, 0.29) is 11.8 Å².